The first-order valence-electron chi connectivity index (χ1n) is 11.0. The van der Waals surface area contributed by atoms with Crippen molar-refractivity contribution >= 4 is 15.9 Å². The highest BCUT2D eigenvalue weighted by atomic mass is 79.9. The molecule has 0 radical (unpaired) electrons. The molecule has 1 fully saturated rings. The topological polar surface area (TPSA) is 36.9 Å². The van der Waals surface area contributed by atoms with Gasteiger partial charge in [-0.2, -0.15) is 0 Å². The van der Waals surface area contributed by atoms with Gasteiger partial charge in [0.15, 0.2) is 0 Å². The Morgan fingerprint density at radius 2 is 1.19 bits per heavy atom. The second-order valence-electron chi connectivity index (χ2n) is 7.94. The van der Waals surface area contributed by atoms with E-state index in [2.05, 4.69) is 52.3 Å². The molecule has 0 saturated carbocycles. The summed E-state index contributed by atoms with van der Waals surface area (Å²) in [4.78, 5) is 0. The molecule has 168 valence electrons. The molecule has 0 spiro atoms. The molecular formula is C27H29BrO4. The first-order valence-corrected chi connectivity index (χ1v) is 11.9. The second kappa shape index (κ2) is 12.3. The van der Waals surface area contributed by atoms with Crippen LogP contribution in [0.2, 0.25) is 0 Å². The Morgan fingerprint density at radius 1 is 0.688 bits per heavy atom. The largest absolute Gasteiger partial charge is 0.374 e. The van der Waals surface area contributed by atoms with Crippen molar-refractivity contribution in [2.45, 2.75) is 49.6 Å². The van der Waals surface area contributed by atoms with E-state index >= 15 is 0 Å². The highest BCUT2D eigenvalue weighted by molar-refractivity contribution is 9.09. The van der Waals surface area contributed by atoms with Crippen molar-refractivity contribution in [1.82, 2.24) is 0 Å². The SMILES string of the molecule is Br[C@H]1O[C@H](COCc2ccccc2)C[C@H](OCc2ccccc2)[C@H]1OCc1ccccc1. The monoisotopic (exact) mass is 496 g/mol. The lowest BCUT2D eigenvalue weighted by Crippen LogP contribution is -2.49. The number of halogens is 1. The molecule has 4 rings (SSSR count). The molecule has 1 saturated heterocycles. The van der Waals surface area contributed by atoms with Gasteiger partial charge in [0.05, 0.1) is 38.6 Å². The van der Waals surface area contributed by atoms with Gasteiger partial charge in [-0.25, -0.2) is 0 Å². The Bertz CT molecular complexity index is 907. The normalized spacial score (nSPS) is 23.2. The minimum absolute atomic E-state index is 0.0690. The van der Waals surface area contributed by atoms with Gasteiger partial charge in [0.2, 0.25) is 0 Å². The minimum Gasteiger partial charge on any atom is -0.374 e. The molecular weight excluding hydrogens is 468 g/mol. The first kappa shape index (κ1) is 23.1. The summed E-state index contributed by atoms with van der Waals surface area (Å²) in [5.74, 6) is 0. The van der Waals surface area contributed by atoms with E-state index in [-0.39, 0.29) is 23.3 Å². The maximum absolute atomic E-state index is 6.34. The van der Waals surface area contributed by atoms with Crippen molar-refractivity contribution < 1.29 is 18.9 Å². The van der Waals surface area contributed by atoms with Gasteiger partial charge in [-0.3, -0.25) is 0 Å². The Kier molecular flexibility index (Phi) is 8.88. The van der Waals surface area contributed by atoms with E-state index in [1.807, 2.05) is 54.6 Å². The lowest BCUT2D eigenvalue weighted by Gasteiger charge is -2.39. The Hall–Kier alpha value is -2.02. The van der Waals surface area contributed by atoms with Crippen LogP contribution in [0.15, 0.2) is 91.0 Å². The summed E-state index contributed by atoms with van der Waals surface area (Å²) in [5, 5.41) is -0.272. The smallest absolute Gasteiger partial charge is 0.141 e. The molecule has 4 nitrogen and oxygen atoms in total. The summed E-state index contributed by atoms with van der Waals surface area (Å²) in [6.07, 6.45) is 0.315. The van der Waals surface area contributed by atoms with Gasteiger partial charge < -0.3 is 18.9 Å². The lowest BCUT2D eigenvalue weighted by molar-refractivity contribution is -0.190. The molecule has 4 atom stereocenters. The van der Waals surface area contributed by atoms with E-state index in [0.29, 0.717) is 32.8 Å². The van der Waals surface area contributed by atoms with Crippen LogP contribution in [0.4, 0.5) is 0 Å². The van der Waals surface area contributed by atoms with Crippen molar-refractivity contribution in [1.29, 1.82) is 0 Å². The molecule has 1 aliphatic rings. The molecule has 0 aliphatic carbocycles. The van der Waals surface area contributed by atoms with E-state index in [0.717, 1.165) is 16.7 Å². The zero-order valence-corrected chi connectivity index (χ0v) is 19.6. The molecule has 3 aromatic carbocycles. The van der Waals surface area contributed by atoms with Crippen LogP contribution in [0.5, 0.6) is 0 Å². The Balaban J connectivity index is 1.36. The Morgan fingerprint density at radius 3 is 1.75 bits per heavy atom. The highest BCUT2D eigenvalue weighted by Gasteiger charge is 2.39. The maximum Gasteiger partial charge on any atom is 0.141 e. The van der Waals surface area contributed by atoms with Gasteiger partial charge in [0.25, 0.3) is 0 Å². The van der Waals surface area contributed by atoms with Crippen LogP contribution < -0.4 is 0 Å². The Labute approximate surface area is 198 Å². The molecule has 5 heteroatoms. The molecule has 0 amide bonds. The summed E-state index contributed by atoms with van der Waals surface area (Å²) < 4.78 is 24.7. The second-order valence-corrected chi connectivity index (χ2v) is 8.84. The van der Waals surface area contributed by atoms with Crippen molar-refractivity contribution in [2.24, 2.45) is 0 Å². The van der Waals surface area contributed by atoms with Crippen LogP contribution in [0, 0.1) is 0 Å². The van der Waals surface area contributed by atoms with Crippen molar-refractivity contribution in [3.05, 3.63) is 108 Å². The predicted molar refractivity (Wildman–Crippen MR) is 128 cm³/mol. The van der Waals surface area contributed by atoms with Crippen LogP contribution in [0.1, 0.15) is 23.1 Å². The van der Waals surface area contributed by atoms with E-state index in [4.69, 9.17) is 18.9 Å². The van der Waals surface area contributed by atoms with Crippen LogP contribution in [-0.2, 0) is 38.8 Å². The fourth-order valence-corrected chi connectivity index (χ4v) is 4.56. The van der Waals surface area contributed by atoms with Crippen molar-refractivity contribution in [2.75, 3.05) is 6.61 Å². The van der Waals surface area contributed by atoms with E-state index in [1.54, 1.807) is 0 Å². The summed E-state index contributed by atoms with van der Waals surface area (Å²) in [7, 11) is 0. The number of hydrogen-bond acceptors (Lipinski definition) is 4. The minimum atomic E-state index is -0.272. The van der Waals surface area contributed by atoms with E-state index in [1.165, 1.54) is 0 Å². The first-order chi connectivity index (χ1) is 15.8. The average molecular weight is 497 g/mol. The number of alkyl halides is 1. The van der Waals surface area contributed by atoms with Gasteiger partial charge in [-0.15, -0.1) is 0 Å². The fraction of sp³-hybridized carbons (Fsp3) is 0.333. The maximum atomic E-state index is 6.34. The average Bonchev–Trinajstić information content (AvgIpc) is 2.84. The van der Waals surface area contributed by atoms with Gasteiger partial charge in [0, 0.05) is 6.42 Å². The molecule has 1 aliphatic heterocycles. The third-order valence-corrected chi connectivity index (χ3v) is 6.19. The van der Waals surface area contributed by atoms with Crippen molar-refractivity contribution in [3.8, 4) is 0 Å². The number of hydrogen-bond donors (Lipinski definition) is 0. The lowest BCUT2D eigenvalue weighted by atomic mass is 10.0. The zero-order chi connectivity index (χ0) is 22.0. The summed E-state index contributed by atoms with van der Waals surface area (Å²) in [6, 6.07) is 30.6. The molecule has 32 heavy (non-hydrogen) atoms. The standard InChI is InChI=1S/C27H29BrO4/c28-27-26(31-19-23-14-8-3-9-15-23)25(30-18-22-12-6-2-7-13-22)16-24(32-27)20-29-17-21-10-4-1-5-11-21/h1-15,24-27H,16-20H2/t24-,25-,26+,27-/m0/s1. The van der Waals surface area contributed by atoms with E-state index in [9.17, 15) is 0 Å². The van der Waals surface area contributed by atoms with Crippen molar-refractivity contribution in [3.63, 3.8) is 0 Å². The summed E-state index contributed by atoms with van der Waals surface area (Å²) in [5.41, 5.74) is 3.42. The number of rotatable bonds is 10. The zero-order valence-electron chi connectivity index (χ0n) is 18.0. The van der Waals surface area contributed by atoms with Gasteiger partial charge >= 0.3 is 0 Å². The quantitative estimate of drug-likeness (QED) is 0.328. The fourth-order valence-electron chi connectivity index (χ4n) is 3.76. The predicted octanol–water partition coefficient (Wildman–Crippen LogP) is 5.88. The molecule has 0 bridgehead atoms. The van der Waals surface area contributed by atoms with Gasteiger partial charge in [-0.05, 0) is 16.7 Å². The van der Waals surface area contributed by atoms with Gasteiger partial charge in [-0.1, -0.05) is 107 Å². The highest BCUT2D eigenvalue weighted by Crippen LogP contribution is 2.30. The third kappa shape index (κ3) is 6.99. The summed E-state index contributed by atoms with van der Waals surface area (Å²) in [6.45, 7) is 2.12. The number of benzene rings is 3. The molecule has 0 N–H and O–H groups in total. The van der Waals surface area contributed by atoms with Crippen LogP contribution in [0.25, 0.3) is 0 Å². The third-order valence-electron chi connectivity index (χ3n) is 5.45. The molecule has 1 heterocycles. The van der Waals surface area contributed by atoms with Gasteiger partial charge in [0.1, 0.15) is 11.1 Å². The van der Waals surface area contributed by atoms with Crippen LogP contribution in [-0.4, -0.2) is 29.9 Å². The van der Waals surface area contributed by atoms with Crippen LogP contribution in [0.3, 0.4) is 0 Å². The molecule has 0 aromatic heterocycles. The molecule has 0 unspecified atom stereocenters. The van der Waals surface area contributed by atoms with E-state index < -0.39 is 0 Å². The van der Waals surface area contributed by atoms with Crippen LogP contribution >= 0.6 is 15.9 Å². The molecule has 3 aromatic rings. The summed E-state index contributed by atoms with van der Waals surface area (Å²) >= 11 is 3.69. The number of ether oxygens (including phenoxy) is 4.